The molecule has 3 rings (SSSR count). The summed E-state index contributed by atoms with van der Waals surface area (Å²) in [6.45, 7) is 2.67. The Balaban J connectivity index is 0.000000701. The minimum atomic E-state index is 0.250. The molecular formula is C19H17N3O3. The van der Waals surface area contributed by atoms with Crippen molar-refractivity contribution in [1.82, 2.24) is 15.4 Å². The lowest BCUT2D eigenvalue weighted by Crippen LogP contribution is -1.90. The normalized spacial score (nSPS) is 9.96. The predicted octanol–water partition coefficient (Wildman–Crippen LogP) is 3.46. The molecule has 0 aliphatic rings. The number of nitrogens with zero attached hydrogens (tertiary/aromatic N) is 2. The Hall–Kier alpha value is -3.50. The van der Waals surface area contributed by atoms with E-state index in [9.17, 15) is 0 Å². The summed E-state index contributed by atoms with van der Waals surface area (Å²) in [5.41, 5.74) is 4.30. The molecule has 0 amide bonds. The van der Waals surface area contributed by atoms with Gasteiger partial charge in [-0.25, -0.2) is 0 Å². The molecule has 1 heterocycles. The average molecular weight is 335 g/mol. The zero-order valence-electron chi connectivity index (χ0n) is 13.7. The largest absolute Gasteiger partial charge is 0.494 e. The Labute approximate surface area is 145 Å². The molecule has 1 N–H and O–H groups in total. The van der Waals surface area contributed by atoms with Crippen LogP contribution >= 0.6 is 0 Å². The van der Waals surface area contributed by atoms with Gasteiger partial charge in [0.15, 0.2) is 0 Å². The summed E-state index contributed by atoms with van der Waals surface area (Å²) in [6.07, 6.45) is 5.88. The van der Waals surface area contributed by atoms with Crippen LogP contribution in [0.1, 0.15) is 18.2 Å². The van der Waals surface area contributed by atoms with E-state index in [0.29, 0.717) is 6.61 Å². The maximum absolute atomic E-state index is 8.12. The van der Waals surface area contributed by atoms with Crippen molar-refractivity contribution in [3.63, 3.8) is 0 Å². The zero-order chi connectivity index (χ0) is 17.9. The van der Waals surface area contributed by atoms with Gasteiger partial charge in [0.2, 0.25) is 0 Å². The molecule has 0 atom stereocenters. The number of ether oxygens (including phenoxy) is 1. The highest BCUT2D eigenvalue weighted by atomic mass is 16.5. The van der Waals surface area contributed by atoms with Crippen molar-refractivity contribution in [2.75, 3.05) is 6.61 Å². The number of hydrogen-bond acceptors (Lipinski definition) is 5. The van der Waals surface area contributed by atoms with Crippen LogP contribution in [0, 0.1) is 0 Å². The van der Waals surface area contributed by atoms with E-state index in [1.165, 1.54) is 11.1 Å². The highest BCUT2D eigenvalue weighted by Gasteiger charge is 1.99. The number of carbonyl (C=O) groups excluding carboxylic acids is 2. The average Bonchev–Trinajstić information content (AvgIpc) is 3.16. The first-order chi connectivity index (χ1) is 12.3. The van der Waals surface area contributed by atoms with E-state index in [-0.39, 0.29) is 6.15 Å². The maximum atomic E-state index is 8.12. The van der Waals surface area contributed by atoms with Gasteiger partial charge in [-0.05, 0) is 41.8 Å². The van der Waals surface area contributed by atoms with Gasteiger partial charge < -0.3 is 4.74 Å². The molecule has 0 saturated heterocycles. The molecule has 0 saturated carbocycles. The van der Waals surface area contributed by atoms with Crippen molar-refractivity contribution in [1.29, 1.82) is 0 Å². The molecule has 126 valence electrons. The third-order valence-electron chi connectivity index (χ3n) is 3.29. The van der Waals surface area contributed by atoms with Gasteiger partial charge in [-0.3, -0.25) is 0 Å². The van der Waals surface area contributed by atoms with Crippen LogP contribution in [0.15, 0.2) is 54.7 Å². The second-order valence-electron chi connectivity index (χ2n) is 4.89. The Morgan fingerprint density at radius 3 is 2.12 bits per heavy atom. The lowest BCUT2D eigenvalue weighted by Gasteiger charge is -2.05. The quantitative estimate of drug-likeness (QED) is 0.772. The minimum Gasteiger partial charge on any atom is -0.494 e. The molecule has 3 aromatic rings. The third kappa shape index (κ3) is 5.57. The molecular weight excluding hydrogens is 318 g/mol. The van der Waals surface area contributed by atoms with Crippen LogP contribution in [-0.2, 0) is 9.59 Å². The molecule has 0 radical (unpaired) electrons. The summed E-state index contributed by atoms with van der Waals surface area (Å²) in [5.74, 6) is 0.901. The van der Waals surface area contributed by atoms with Crippen LogP contribution in [0.3, 0.4) is 0 Å². The molecule has 1 aromatic heterocycles. The monoisotopic (exact) mass is 335 g/mol. The van der Waals surface area contributed by atoms with Crippen LogP contribution in [0.5, 0.6) is 5.75 Å². The lowest BCUT2D eigenvalue weighted by atomic mass is 10.0. The smallest absolute Gasteiger partial charge is 0.373 e. The Morgan fingerprint density at radius 2 is 1.60 bits per heavy atom. The number of benzene rings is 2. The van der Waals surface area contributed by atoms with Crippen molar-refractivity contribution >= 4 is 18.3 Å². The second-order valence-corrected chi connectivity index (χ2v) is 4.89. The summed E-state index contributed by atoms with van der Waals surface area (Å²) in [7, 11) is 0. The number of aromatic amines is 1. The Bertz CT molecular complexity index is 817. The predicted molar refractivity (Wildman–Crippen MR) is 93.4 cm³/mol. The van der Waals surface area contributed by atoms with Crippen LogP contribution < -0.4 is 4.74 Å². The molecule has 6 heteroatoms. The van der Waals surface area contributed by atoms with Crippen molar-refractivity contribution in [2.24, 2.45) is 0 Å². The van der Waals surface area contributed by atoms with Gasteiger partial charge in [-0.1, -0.05) is 42.5 Å². The number of hydrogen-bond donors (Lipinski definition) is 1. The van der Waals surface area contributed by atoms with Gasteiger partial charge in [-0.2, -0.15) is 25.0 Å². The zero-order valence-corrected chi connectivity index (χ0v) is 13.7. The summed E-state index contributed by atoms with van der Waals surface area (Å²) in [6, 6.07) is 16.5. The minimum absolute atomic E-state index is 0.250. The van der Waals surface area contributed by atoms with Gasteiger partial charge >= 0.3 is 6.15 Å². The fraction of sp³-hybridized carbons (Fsp3) is 0.105. The first kappa shape index (κ1) is 17.8. The van der Waals surface area contributed by atoms with Crippen molar-refractivity contribution < 1.29 is 14.3 Å². The van der Waals surface area contributed by atoms with E-state index in [2.05, 4.69) is 51.8 Å². The first-order valence-corrected chi connectivity index (χ1v) is 7.63. The number of aromatic nitrogens is 3. The van der Waals surface area contributed by atoms with Crippen molar-refractivity contribution in [2.45, 2.75) is 6.92 Å². The fourth-order valence-electron chi connectivity index (χ4n) is 2.17. The summed E-state index contributed by atoms with van der Waals surface area (Å²) >= 11 is 0. The van der Waals surface area contributed by atoms with Gasteiger partial charge in [0.1, 0.15) is 11.4 Å². The van der Waals surface area contributed by atoms with Crippen molar-refractivity contribution in [3.8, 4) is 16.9 Å². The van der Waals surface area contributed by atoms with E-state index in [0.717, 1.165) is 17.0 Å². The van der Waals surface area contributed by atoms with Gasteiger partial charge in [-0.15, -0.1) is 0 Å². The van der Waals surface area contributed by atoms with E-state index < -0.39 is 0 Å². The van der Waals surface area contributed by atoms with Gasteiger partial charge in [0.25, 0.3) is 0 Å². The summed E-state index contributed by atoms with van der Waals surface area (Å²) in [4.78, 5) is 16.2. The lowest BCUT2D eigenvalue weighted by molar-refractivity contribution is -0.191. The highest BCUT2D eigenvalue weighted by molar-refractivity contribution is 5.71. The SMILES string of the molecule is CCOc1ccc(-c2ccc(C=Cc3cn[nH]n3)cc2)cc1.O=C=O. The van der Waals surface area contributed by atoms with E-state index >= 15 is 0 Å². The van der Waals surface area contributed by atoms with Crippen LogP contribution in [0.4, 0.5) is 0 Å². The second kappa shape index (κ2) is 9.60. The highest BCUT2D eigenvalue weighted by Crippen LogP contribution is 2.23. The van der Waals surface area contributed by atoms with E-state index in [4.69, 9.17) is 14.3 Å². The fourth-order valence-corrected chi connectivity index (χ4v) is 2.17. The molecule has 0 unspecified atom stereocenters. The number of nitrogens with one attached hydrogen (secondary N) is 1. The molecule has 0 fully saturated rings. The summed E-state index contributed by atoms with van der Waals surface area (Å²) < 4.78 is 5.46. The van der Waals surface area contributed by atoms with E-state index in [1.807, 2.05) is 31.2 Å². The van der Waals surface area contributed by atoms with E-state index in [1.54, 1.807) is 6.20 Å². The molecule has 6 nitrogen and oxygen atoms in total. The molecule has 0 spiro atoms. The Morgan fingerprint density at radius 1 is 1.00 bits per heavy atom. The van der Waals surface area contributed by atoms with Crippen LogP contribution in [0.2, 0.25) is 0 Å². The molecule has 2 aromatic carbocycles. The Kier molecular flexibility index (Phi) is 6.85. The molecule has 0 bridgehead atoms. The topological polar surface area (TPSA) is 84.9 Å². The number of rotatable bonds is 5. The molecule has 0 aliphatic heterocycles. The first-order valence-electron chi connectivity index (χ1n) is 7.63. The van der Waals surface area contributed by atoms with Crippen LogP contribution in [0.25, 0.3) is 23.3 Å². The van der Waals surface area contributed by atoms with Gasteiger partial charge in [0.05, 0.1) is 12.8 Å². The molecule has 25 heavy (non-hydrogen) atoms. The third-order valence-corrected chi connectivity index (χ3v) is 3.29. The standard InChI is InChI=1S/C18H17N3O.CO2/c1-2-22-18-11-8-16(9-12-18)15-6-3-14(4-7-15)5-10-17-13-19-21-20-17;2-1-3/h3-13H,2H2,1H3,(H,19,20,21);. The summed E-state index contributed by atoms with van der Waals surface area (Å²) in [5, 5.41) is 10.3. The van der Waals surface area contributed by atoms with Crippen molar-refractivity contribution in [3.05, 3.63) is 66.0 Å². The maximum Gasteiger partial charge on any atom is 0.373 e. The number of H-pyrrole nitrogens is 1. The van der Waals surface area contributed by atoms with Gasteiger partial charge in [0, 0.05) is 0 Å². The molecule has 0 aliphatic carbocycles. The van der Waals surface area contributed by atoms with Crippen LogP contribution in [-0.4, -0.2) is 28.2 Å².